The highest BCUT2D eigenvalue weighted by molar-refractivity contribution is 6.47. The number of carbonyl (C=O) groups excluding carboxylic acids is 2. The molecule has 0 saturated heterocycles. The molecule has 0 saturated carbocycles. The van der Waals surface area contributed by atoms with E-state index < -0.39 is 11.7 Å². The Balaban J connectivity index is 1.77. The van der Waals surface area contributed by atoms with Crippen LogP contribution in [0.3, 0.4) is 0 Å². The molecule has 6 nitrogen and oxygen atoms in total. The average Bonchev–Trinajstić information content (AvgIpc) is 3.13. The number of nitrogens with one attached hydrogen (secondary N) is 1. The number of amides is 1. The average molecular weight is 384 g/mol. The molecule has 0 spiro atoms. The predicted octanol–water partition coefficient (Wildman–Crippen LogP) is 3.89. The van der Waals surface area contributed by atoms with E-state index in [1.807, 2.05) is 68.7 Å². The molecule has 0 aliphatic carbocycles. The van der Waals surface area contributed by atoms with Gasteiger partial charge in [0.1, 0.15) is 5.69 Å². The number of benzene rings is 1. The summed E-state index contributed by atoms with van der Waals surface area (Å²) >= 11 is 0. The molecule has 1 N–H and O–H groups in total. The first kappa shape index (κ1) is 18.4. The minimum atomic E-state index is -0.706. The van der Waals surface area contributed by atoms with Crippen molar-refractivity contribution < 1.29 is 9.59 Å². The van der Waals surface area contributed by atoms with Crippen LogP contribution < -0.4 is 10.2 Å². The molecule has 1 aromatic carbocycles. The summed E-state index contributed by atoms with van der Waals surface area (Å²) in [5.41, 5.74) is 3.26. The summed E-state index contributed by atoms with van der Waals surface area (Å²) in [6.45, 7) is 0. The molecule has 1 amide bonds. The number of pyridine rings is 2. The number of fused-ring (bicyclic) bond motifs is 1. The monoisotopic (exact) mass is 384 g/mol. The van der Waals surface area contributed by atoms with Crippen LogP contribution in [0.1, 0.15) is 10.5 Å². The van der Waals surface area contributed by atoms with Crippen LogP contribution in [0.15, 0.2) is 79.1 Å². The molecule has 0 radical (unpaired) electrons. The third-order valence-electron chi connectivity index (χ3n) is 4.64. The molecule has 4 aromatic rings. The largest absolute Gasteiger partial charge is 0.361 e. The molecule has 0 atom stereocenters. The number of hydrogen-bond acceptors (Lipinski definition) is 4. The summed E-state index contributed by atoms with van der Waals surface area (Å²) < 4.78 is 1.75. The van der Waals surface area contributed by atoms with Gasteiger partial charge in [0.05, 0.1) is 5.69 Å². The van der Waals surface area contributed by atoms with E-state index in [1.165, 1.54) is 0 Å². The fourth-order valence-electron chi connectivity index (χ4n) is 3.33. The van der Waals surface area contributed by atoms with Crippen molar-refractivity contribution in [3.05, 3.63) is 84.8 Å². The Morgan fingerprint density at radius 1 is 0.966 bits per heavy atom. The molecule has 0 fully saturated rings. The lowest BCUT2D eigenvalue weighted by Crippen LogP contribution is -2.26. The van der Waals surface area contributed by atoms with E-state index in [9.17, 15) is 9.59 Å². The topological polar surface area (TPSA) is 66.7 Å². The number of ketones is 1. The van der Waals surface area contributed by atoms with Crippen LogP contribution in [0.2, 0.25) is 0 Å². The first-order chi connectivity index (χ1) is 14.1. The quantitative estimate of drug-likeness (QED) is 0.419. The van der Waals surface area contributed by atoms with Crippen LogP contribution >= 0.6 is 0 Å². The Kier molecular flexibility index (Phi) is 4.83. The Hall–Kier alpha value is -3.93. The van der Waals surface area contributed by atoms with E-state index >= 15 is 0 Å². The van der Waals surface area contributed by atoms with Crippen molar-refractivity contribution in [1.82, 2.24) is 9.38 Å². The first-order valence-electron chi connectivity index (χ1n) is 9.20. The van der Waals surface area contributed by atoms with Gasteiger partial charge < -0.3 is 14.6 Å². The number of rotatable bonds is 5. The smallest absolute Gasteiger partial charge is 0.298 e. The van der Waals surface area contributed by atoms with Crippen LogP contribution in [0.5, 0.6) is 0 Å². The maximum atomic E-state index is 13.2. The predicted molar refractivity (Wildman–Crippen MR) is 114 cm³/mol. The van der Waals surface area contributed by atoms with Gasteiger partial charge in [-0.3, -0.25) is 9.59 Å². The zero-order chi connectivity index (χ0) is 20.4. The normalized spacial score (nSPS) is 10.7. The van der Waals surface area contributed by atoms with Crippen molar-refractivity contribution >= 4 is 28.7 Å². The van der Waals surface area contributed by atoms with Crippen molar-refractivity contribution in [2.45, 2.75) is 0 Å². The molecule has 29 heavy (non-hydrogen) atoms. The molecule has 3 aromatic heterocycles. The number of aromatic nitrogens is 2. The molecule has 0 unspecified atom stereocenters. The summed E-state index contributed by atoms with van der Waals surface area (Å²) in [5, 5.41) is 2.72. The summed E-state index contributed by atoms with van der Waals surface area (Å²) in [4.78, 5) is 32.2. The van der Waals surface area contributed by atoms with E-state index in [0.717, 1.165) is 16.6 Å². The number of Topliss-reactive ketones (excluding diaryl/α,β-unsaturated/α-hetero) is 1. The van der Waals surface area contributed by atoms with Gasteiger partial charge in [-0.25, -0.2) is 4.98 Å². The lowest BCUT2D eigenvalue weighted by molar-refractivity contribution is -0.112. The third-order valence-corrected chi connectivity index (χ3v) is 4.64. The fraction of sp³-hybridized carbons (Fsp3) is 0.0870. The minimum absolute atomic E-state index is 0.333. The van der Waals surface area contributed by atoms with Crippen molar-refractivity contribution in [2.24, 2.45) is 0 Å². The third kappa shape index (κ3) is 3.48. The standard InChI is InChI=1S/C23H20N4O2/c1-26(2)22-19(12-8-13-24-22)25-23(29)21(28)20-18(16-9-4-3-5-10-16)15-17-11-6-7-14-27(17)20/h3-15H,1-2H3,(H,25,29). The molecule has 144 valence electrons. The molecule has 6 heteroatoms. The highest BCUT2D eigenvalue weighted by Gasteiger charge is 2.25. The summed E-state index contributed by atoms with van der Waals surface area (Å²) in [6.07, 6.45) is 3.43. The molecule has 4 rings (SSSR count). The number of nitrogens with zero attached hydrogens (tertiary/aromatic N) is 3. The van der Waals surface area contributed by atoms with Gasteiger partial charge in [-0.15, -0.1) is 0 Å². The van der Waals surface area contributed by atoms with Crippen LogP contribution in [-0.2, 0) is 4.79 Å². The van der Waals surface area contributed by atoms with Crippen LogP contribution in [-0.4, -0.2) is 35.2 Å². The second-order valence-electron chi connectivity index (χ2n) is 6.82. The van der Waals surface area contributed by atoms with Crippen LogP contribution in [0, 0.1) is 0 Å². The lowest BCUT2D eigenvalue weighted by Gasteiger charge is -2.16. The molecular weight excluding hydrogens is 364 g/mol. The maximum absolute atomic E-state index is 13.2. The van der Waals surface area contributed by atoms with Crippen molar-refractivity contribution in [3.63, 3.8) is 0 Å². The highest BCUT2D eigenvalue weighted by atomic mass is 16.2. The van der Waals surface area contributed by atoms with Crippen molar-refractivity contribution in [2.75, 3.05) is 24.3 Å². The van der Waals surface area contributed by atoms with Gasteiger partial charge in [0.2, 0.25) is 0 Å². The fourth-order valence-corrected chi connectivity index (χ4v) is 3.33. The van der Waals surface area contributed by atoms with Gasteiger partial charge in [0.15, 0.2) is 5.82 Å². The van der Waals surface area contributed by atoms with E-state index in [0.29, 0.717) is 17.2 Å². The zero-order valence-corrected chi connectivity index (χ0v) is 16.2. The highest BCUT2D eigenvalue weighted by Crippen LogP contribution is 2.29. The second-order valence-corrected chi connectivity index (χ2v) is 6.82. The Labute approximate surface area is 168 Å². The second kappa shape index (κ2) is 7.59. The number of carbonyl (C=O) groups is 2. The van der Waals surface area contributed by atoms with Gasteiger partial charge >= 0.3 is 0 Å². The molecule has 0 aliphatic heterocycles. The summed E-state index contributed by atoms with van der Waals surface area (Å²) in [6, 6.07) is 20.6. The van der Waals surface area contributed by atoms with Gasteiger partial charge in [0, 0.05) is 37.6 Å². The molecule has 0 aliphatic rings. The molecule has 3 heterocycles. The van der Waals surface area contributed by atoms with Gasteiger partial charge in [-0.05, 0) is 35.9 Å². The number of anilines is 2. The Bertz CT molecular complexity index is 1200. The van der Waals surface area contributed by atoms with Gasteiger partial charge in [-0.1, -0.05) is 36.4 Å². The van der Waals surface area contributed by atoms with E-state index in [4.69, 9.17) is 0 Å². The van der Waals surface area contributed by atoms with Crippen LogP contribution in [0.25, 0.3) is 16.6 Å². The lowest BCUT2D eigenvalue weighted by atomic mass is 10.0. The maximum Gasteiger partial charge on any atom is 0.298 e. The van der Waals surface area contributed by atoms with Crippen molar-refractivity contribution in [3.8, 4) is 11.1 Å². The Morgan fingerprint density at radius 2 is 1.72 bits per heavy atom. The zero-order valence-electron chi connectivity index (χ0n) is 16.2. The first-order valence-corrected chi connectivity index (χ1v) is 9.20. The van der Waals surface area contributed by atoms with E-state index in [1.54, 1.807) is 33.8 Å². The van der Waals surface area contributed by atoms with Crippen LogP contribution in [0.4, 0.5) is 11.5 Å². The van der Waals surface area contributed by atoms with E-state index in [2.05, 4.69) is 10.3 Å². The summed E-state index contributed by atoms with van der Waals surface area (Å²) in [5.74, 6) is -0.734. The molecule has 0 bridgehead atoms. The van der Waals surface area contributed by atoms with Gasteiger partial charge in [0.25, 0.3) is 11.7 Å². The molecular formula is C23H20N4O2. The van der Waals surface area contributed by atoms with Crippen molar-refractivity contribution in [1.29, 1.82) is 0 Å². The summed E-state index contributed by atoms with van der Waals surface area (Å²) in [7, 11) is 3.65. The number of hydrogen-bond donors (Lipinski definition) is 1. The van der Waals surface area contributed by atoms with E-state index in [-0.39, 0.29) is 0 Å². The van der Waals surface area contributed by atoms with Gasteiger partial charge in [-0.2, -0.15) is 0 Å². The SMILES string of the molecule is CN(C)c1ncccc1NC(=O)C(=O)c1c(-c2ccccc2)cc2ccccn12. The Morgan fingerprint density at radius 3 is 2.48 bits per heavy atom. The minimum Gasteiger partial charge on any atom is -0.361 e.